The van der Waals surface area contributed by atoms with Gasteiger partial charge in [0, 0.05) is 25.4 Å². The summed E-state index contributed by atoms with van der Waals surface area (Å²) in [7, 11) is 0. The Hall–Kier alpha value is -2.60. The molecule has 0 fully saturated rings. The van der Waals surface area contributed by atoms with Gasteiger partial charge < -0.3 is 19.9 Å². The standard InChI is InChI=1S/C16H18N2O4/c19-11-3-10-17-15(20)12-21-13-5-7-14(8-6-13)22-16-4-1-2-9-18-16/h1-2,4-9,19H,3,10-12H2,(H,17,20). The Kier molecular flexibility index (Phi) is 6.19. The Morgan fingerprint density at radius 2 is 1.91 bits per heavy atom. The van der Waals surface area contributed by atoms with Gasteiger partial charge >= 0.3 is 0 Å². The SMILES string of the molecule is O=C(COc1ccc(Oc2ccccn2)cc1)NCCCO. The fourth-order valence-electron chi connectivity index (χ4n) is 1.64. The third kappa shape index (κ3) is 5.41. The summed E-state index contributed by atoms with van der Waals surface area (Å²) >= 11 is 0. The first kappa shape index (κ1) is 15.8. The quantitative estimate of drug-likeness (QED) is 0.726. The Morgan fingerprint density at radius 3 is 2.59 bits per heavy atom. The van der Waals surface area contributed by atoms with Crippen LogP contribution in [0.5, 0.6) is 17.4 Å². The summed E-state index contributed by atoms with van der Waals surface area (Å²) in [5.74, 6) is 1.51. The lowest BCUT2D eigenvalue weighted by Crippen LogP contribution is -2.30. The van der Waals surface area contributed by atoms with Gasteiger partial charge in [-0.25, -0.2) is 4.98 Å². The number of rotatable bonds is 8. The molecule has 1 amide bonds. The number of nitrogens with one attached hydrogen (secondary N) is 1. The number of pyridine rings is 1. The fraction of sp³-hybridized carbons (Fsp3) is 0.250. The Morgan fingerprint density at radius 1 is 1.14 bits per heavy atom. The molecule has 0 aliphatic heterocycles. The summed E-state index contributed by atoms with van der Waals surface area (Å²) in [4.78, 5) is 15.5. The van der Waals surface area contributed by atoms with E-state index in [1.54, 1.807) is 36.5 Å². The lowest BCUT2D eigenvalue weighted by molar-refractivity contribution is -0.123. The third-order valence-electron chi connectivity index (χ3n) is 2.71. The smallest absolute Gasteiger partial charge is 0.257 e. The van der Waals surface area contributed by atoms with Gasteiger partial charge in [-0.2, -0.15) is 0 Å². The van der Waals surface area contributed by atoms with Crippen LogP contribution in [-0.4, -0.2) is 35.8 Å². The van der Waals surface area contributed by atoms with Crippen LogP contribution in [0.3, 0.4) is 0 Å². The highest BCUT2D eigenvalue weighted by molar-refractivity contribution is 5.77. The number of aromatic nitrogens is 1. The van der Waals surface area contributed by atoms with Crippen molar-refractivity contribution >= 4 is 5.91 Å². The molecule has 2 aromatic rings. The molecule has 0 saturated carbocycles. The maximum absolute atomic E-state index is 11.4. The number of ether oxygens (including phenoxy) is 2. The van der Waals surface area contributed by atoms with E-state index in [0.29, 0.717) is 30.3 Å². The van der Waals surface area contributed by atoms with Crippen LogP contribution in [0.15, 0.2) is 48.7 Å². The molecule has 0 unspecified atom stereocenters. The largest absolute Gasteiger partial charge is 0.484 e. The lowest BCUT2D eigenvalue weighted by Gasteiger charge is -2.08. The molecular weight excluding hydrogens is 284 g/mol. The van der Waals surface area contributed by atoms with Crippen molar-refractivity contribution in [1.82, 2.24) is 10.3 Å². The van der Waals surface area contributed by atoms with E-state index in [2.05, 4.69) is 10.3 Å². The monoisotopic (exact) mass is 302 g/mol. The first-order chi connectivity index (χ1) is 10.8. The highest BCUT2D eigenvalue weighted by atomic mass is 16.5. The molecule has 2 N–H and O–H groups in total. The van der Waals surface area contributed by atoms with Crippen molar-refractivity contribution in [1.29, 1.82) is 0 Å². The van der Waals surface area contributed by atoms with Gasteiger partial charge in [0.05, 0.1) is 0 Å². The fourth-order valence-corrected chi connectivity index (χ4v) is 1.64. The van der Waals surface area contributed by atoms with Crippen molar-refractivity contribution in [2.75, 3.05) is 19.8 Å². The minimum atomic E-state index is -0.220. The predicted octanol–water partition coefficient (Wildman–Crippen LogP) is 1.75. The van der Waals surface area contributed by atoms with Crippen LogP contribution in [0, 0.1) is 0 Å². The maximum atomic E-state index is 11.4. The number of carbonyl (C=O) groups excluding carboxylic acids is 1. The average Bonchev–Trinajstić information content (AvgIpc) is 2.55. The van der Waals surface area contributed by atoms with Gasteiger partial charge in [-0.15, -0.1) is 0 Å². The van der Waals surface area contributed by atoms with E-state index < -0.39 is 0 Å². The number of hydrogen-bond donors (Lipinski definition) is 2. The van der Waals surface area contributed by atoms with E-state index in [1.165, 1.54) is 0 Å². The first-order valence-electron chi connectivity index (χ1n) is 6.97. The summed E-state index contributed by atoms with van der Waals surface area (Å²) in [6.07, 6.45) is 2.19. The van der Waals surface area contributed by atoms with E-state index in [-0.39, 0.29) is 19.1 Å². The zero-order valence-corrected chi connectivity index (χ0v) is 12.1. The summed E-state index contributed by atoms with van der Waals surface area (Å²) in [5, 5.41) is 11.3. The van der Waals surface area contributed by atoms with Crippen LogP contribution in [0.4, 0.5) is 0 Å². The van der Waals surface area contributed by atoms with Gasteiger partial charge in [-0.1, -0.05) is 6.07 Å². The van der Waals surface area contributed by atoms with E-state index in [9.17, 15) is 4.79 Å². The number of amides is 1. The molecule has 0 saturated heterocycles. The van der Waals surface area contributed by atoms with Gasteiger partial charge in [0.2, 0.25) is 5.88 Å². The maximum Gasteiger partial charge on any atom is 0.257 e. The highest BCUT2D eigenvalue weighted by Gasteiger charge is 2.03. The molecule has 1 heterocycles. The van der Waals surface area contributed by atoms with E-state index in [4.69, 9.17) is 14.6 Å². The molecule has 0 aliphatic rings. The molecule has 116 valence electrons. The zero-order valence-electron chi connectivity index (χ0n) is 12.1. The molecule has 0 spiro atoms. The van der Waals surface area contributed by atoms with Gasteiger partial charge in [0.15, 0.2) is 6.61 Å². The van der Waals surface area contributed by atoms with Crippen LogP contribution >= 0.6 is 0 Å². The Balaban J connectivity index is 1.78. The number of hydrogen-bond acceptors (Lipinski definition) is 5. The van der Waals surface area contributed by atoms with Crippen molar-refractivity contribution in [3.8, 4) is 17.4 Å². The number of benzene rings is 1. The van der Waals surface area contributed by atoms with Crippen molar-refractivity contribution in [3.05, 3.63) is 48.7 Å². The first-order valence-corrected chi connectivity index (χ1v) is 6.97. The molecular formula is C16H18N2O4. The summed E-state index contributed by atoms with van der Waals surface area (Å²) < 4.78 is 10.9. The van der Waals surface area contributed by atoms with Crippen LogP contribution in [-0.2, 0) is 4.79 Å². The molecule has 22 heavy (non-hydrogen) atoms. The second-order valence-corrected chi connectivity index (χ2v) is 4.46. The second-order valence-electron chi connectivity index (χ2n) is 4.46. The second kappa shape index (κ2) is 8.63. The Bertz CT molecular complexity index is 572. The van der Waals surface area contributed by atoms with E-state index >= 15 is 0 Å². The van der Waals surface area contributed by atoms with E-state index in [0.717, 1.165) is 0 Å². The third-order valence-corrected chi connectivity index (χ3v) is 2.71. The molecule has 0 aliphatic carbocycles. The predicted molar refractivity (Wildman–Crippen MR) is 81.0 cm³/mol. The topological polar surface area (TPSA) is 80.7 Å². The van der Waals surface area contributed by atoms with Crippen molar-refractivity contribution < 1.29 is 19.4 Å². The highest BCUT2D eigenvalue weighted by Crippen LogP contribution is 2.21. The van der Waals surface area contributed by atoms with Crippen LogP contribution in [0.2, 0.25) is 0 Å². The average molecular weight is 302 g/mol. The molecule has 1 aromatic heterocycles. The summed E-state index contributed by atoms with van der Waals surface area (Å²) in [6, 6.07) is 12.4. The summed E-state index contributed by atoms with van der Waals surface area (Å²) in [6.45, 7) is 0.431. The molecule has 0 radical (unpaired) electrons. The molecule has 2 rings (SSSR count). The zero-order chi connectivity index (χ0) is 15.6. The lowest BCUT2D eigenvalue weighted by atomic mass is 10.3. The number of aliphatic hydroxyl groups excluding tert-OH is 1. The number of carbonyl (C=O) groups is 1. The van der Waals surface area contributed by atoms with Crippen molar-refractivity contribution in [3.63, 3.8) is 0 Å². The number of nitrogens with zero attached hydrogens (tertiary/aromatic N) is 1. The minimum absolute atomic E-state index is 0.0544. The Labute approximate surface area is 128 Å². The van der Waals surface area contributed by atoms with Gasteiger partial charge in [-0.05, 0) is 36.8 Å². The van der Waals surface area contributed by atoms with E-state index in [1.807, 2.05) is 12.1 Å². The normalized spacial score (nSPS) is 10.0. The van der Waals surface area contributed by atoms with Crippen LogP contribution < -0.4 is 14.8 Å². The van der Waals surface area contributed by atoms with Gasteiger partial charge in [-0.3, -0.25) is 4.79 Å². The van der Waals surface area contributed by atoms with Gasteiger partial charge in [0.1, 0.15) is 11.5 Å². The van der Waals surface area contributed by atoms with Crippen LogP contribution in [0.1, 0.15) is 6.42 Å². The van der Waals surface area contributed by atoms with Crippen LogP contribution in [0.25, 0.3) is 0 Å². The summed E-state index contributed by atoms with van der Waals surface area (Å²) in [5.41, 5.74) is 0. The number of aliphatic hydroxyl groups is 1. The molecule has 0 atom stereocenters. The molecule has 0 bridgehead atoms. The molecule has 6 heteroatoms. The van der Waals surface area contributed by atoms with Crippen molar-refractivity contribution in [2.45, 2.75) is 6.42 Å². The minimum Gasteiger partial charge on any atom is -0.484 e. The van der Waals surface area contributed by atoms with Crippen molar-refractivity contribution in [2.24, 2.45) is 0 Å². The molecule has 6 nitrogen and oxygen atoms in total. The molecule has 1 aromatic carbocycles. The van der Waals surface area contributed by atoms with Gasteiger partial charge in [0.25, 0.3) is 5.91 Å².